The van der Waals surface area contributed by atoms with E-state index < -0.39 is 89.2 Å². The third-order valence-electron chi connectivity index (χ3n) is 7.04. The van der Waals surface area contributed by atoms with Crippen molar-refractivity contribution in [1.29, 1.82) is 0 Å². The van der Waals surface area contributed by atoms with Crippen LogP contribution in [0.5, 0.6) is 11.5 Å². The molecule has 10 unspecified atom stereocenters. The van der Waals surface area contributed by atoms with Gasteiger partial charge in [-0.25, -0.2) is 0 Å². The molecular weight excluding hydrogens is 660 g/mol. The highest BCUT2D eigenvalue weighted by Gasteiger charge is 2.51. The van der Waals surface area contributed by atoms with Gasteiger partial charge in [-0.15, -0.1) is 0 Å². The first-order chi connectivity index (χ1) is 23.0. The number of aliphatic hydroxyl groups excluding tert-OH is 3. The second-order valence-electron chi connectivity index (χ2n) is 10.9. The quantitative estimate of drug-likeness (QED) is 0.144. The van der Waals surface area contributed by atoms with Gasteiger partial charge in [0.25, 0.3) is 11.4 Å². The Bertz CT molecular complexity index is 1470. The molecule has 2 aromatic rings. The number of esters is 3. The fourth-order valence-corrected chi connectivity index (χ4v) is 4.74. The van der Waals surface area contributed by atoms with Gasteiger partial charge in [-0.05, 0) is 38.1 Å². The van der Waals surface area contributed by atoms with Crippen LogP contribution in [-0.4, -0.2) is 104 Å². The molecule has 0 aliphatic carbocycles. The first-order valence-corrected chi connectivity index (χ1v) is 14.7. The van der Waals surface area contributed by atoms with Crippen LogP contribution in [0.25, 0.3) is 0 Å². The molecule has 2 aromatic carbocycles. The van der Waals surface area contributed by atoms with E-state index in [0.29, 0.717) is 0 Å². The number of nitro groups is 2. The summed E-state index contributed by atoms with van der Waals surface area (Å²) in [6, 6.07) is 10.4. The highest BCUT2D eigenvalue weighted by molar-refractivity contribution is 5.68. The SMILES string of the molecule is CC(=O)OC1C(C)OC(Oc2ccc([N+](=O)[O-])cc2)C(OC(C)=O)C1OC(C)=O.CC1OC(Oc2ccc([N+](=O)[O-])cc2)C(O)C(O)C1O. The third kappa shape index (κ3) is 10.5. The lowest BCUT2D eigenvalue weighted by Gasteiger charge is -2.43. The van der Waals surface area contributed by atoms with Crippen LogP contribution in [0.3, 0.4) is 0 Å². The summed E-state index contributed by atoms with van der Waals surface area (Å²) in [6.07, 6.45) is -11.4. The van der Waals surface area contributed by atoms with Crippen molar-refractivity contribution in [2.75, 3.05) is 0 Å². The summed E-state index contributed by atoms with van der Waals surface area (Å²) in [4.78, 5) is 54.9. The van der Waals surface area contributed by atoms with Crippen molar-refractivity contribution >= 4 is 29.3 Å². The summed E-state index contributed by atoms with van der Waals surface area (Å²) in [5.74, 6) is -1.59. The van der Waals surface area contributed by atoms with E-state index in [1.807, 2.05) is 0 Å². The normalized spacial score (nSPS) is 29.2. The smallest absolute Gasteiger partial charge is 0.303 e. The van der Waals surface area contributed by atoms with E-state index >= 15 is 0 Å². The summed E-state index contributed by atoms with van der Waals surface area (Å²) in [5.41, 5.74) is -0.231. The number of nitrogens with zero attached hydrogens (tertiary/aromatic N) is 2. The fraction of sp³-hybridized carbons (Fsp3) is 0.500. The third-order valence-corrected chi connectivity index (χ3v) is 7.04. The molecule has 0 amide bonds. The maximum Gasteiger partial charge on any atom is 0.303 e. The van der Waals surface area contributed by atoms with Gasteiger partial charge in [0.2, 0.25) is 18.7 Å². The molecule has 2 heterocycles. The Kier molecular flexibility index (Phi) is 13.3. The molecule has 19 heteroatoms. The first kappa shape index (κ1) is 38.5. The topological polar surface area (TPSA) is 263 Å². The molecule has 0 spiro atoms. The van der Waals surface area contributed by atoms with Crippen LogP contribution in [0.1, 0.15) is 34.6 Å². The molecule has 0 saturated carbocycles. The number of carbonyl (C=O) groups excluding carboxylic acids is 3. The predicted octanol–water partition coefficient (Wildman–Crippen LogP) is 1.31. The average molecular weight is 697 g/mol. The number of nitro benzene ring substituents is 2. The van der Waals surface area contributed by atoms with Crippen LogP contribution in [0.2, 0.25) is 0 Å². The number of non-ortho nitro benzene ring substituents is 2. The summed E-state index contributed by atoms with van der Waals surface area (Å²) in [5, 5.41) is 50.2. The summed E-state index contributed by atoms with van der Waals surface area (Å²) in [7, 11) is 0. The maximum absolute atomic E-state index is 11.6. The Hall–Kier alpha value is -4.95. The lowest BCUT2D eigenvalue weighted by molar-refractivity contribution is -0.385. The Morgan fingerprint density at radius 3 is 1.41 bits per heavy atom. The molecule has 2 saturated heterocycles. The van der Waals surface area contributed by atoms with E-state index in [1.54, 1.807) is 6.92 Å². The standard InChI is InChI=1S/C18H21NO10.C12H15NO7/c1-9-15(26-10(2)20)16(27-11(3)21)17(28-12(4)22)18(25-9)29-14-7-5-13(6-8-14)19(23)24;1-6-9(14)10(15)11(16)12(19-6)20-8-4-2-7(3-5-8)13(17)18/h5-9,15-18H,1-4H3;2-6,9-12,14-16H,1H3. The van der Waals surface area contributed by atoms with Gasteiger partial charge in [0.05, 0.1) is 22.1 Å². The number of rotatable bonds is 9. The highest BCUT2D eigenvalue weighted by Crippen LogP contribution is 2.31. The van der Waals surface area contributed by atoms with Gasteiger partial charge in [-0.3, -0.25) is 34.6 Å². The molecule has 0 aromatic heterocycles. The van der Waals surface area contributed by atoms with Crippen LogP contribution >= 0.6 is 0 Å². The van der Waals surface area contributed by atoms with E-state index in [9.17, 15) is 49.9 Å². The largest absolute Gasteiger partial charge is 0.462 e. The number of benzene rings is 2. The molecule has 268 valence electrons. The van der Waals surface area contributed by atoms with Gasteiger partial charge in [-0.1, -0.05) is 0 Å². The van der Waals surface area contributed by atoms with Gasteiger partial charge in [0.1, 0.15) is 29.8 Å². The average Bonchev–Trinajstić information content (AvgIpc) is 3.02. The second-order valence-corrected chi connectivity index (χ2v) is 10.9. The van der Waals surface area contributed by atoms with Crippen molar-refractivity contribution in [1.82, 2.24) is 0 Å². The molecule has 0 bridgehead atoms. The number of ether oxygens (including phenoxy) is 7. The van der Waals surface area contributed by atoms with Crippen molar-refractivity contribution in [2.24, 2.45) is 0 Å². The van der Waals surface area contributed by atoms with Gasteiger partial charge in [0, 0.05) is 45.0 Å². The minimum absolute atomic E-state index is 0.0914. The number of hydrogen-bond donors (Lipinski definition) is 3. The zero-order valence-corrected chi connectivity index (χ0v) is 26.8. The van der Waals surface area contributed by atoms with Crippen LogP contribution in [0.4, 0.5) is 11.4 Å². The fourth-order valence-electron chi connectivity index (χ4n) is 4.74. The maximum atomic E-state index is 11.6. The van der Waals surface area contributed by atoms with Crippen molar-refractivity contribution < 1.29 is 72.7 Å². The summed E-state index contributed by atoms with van der Waals surface area (Å²) in [6.45, 7) is 6.58. The van der Waals surface area contributed by atoms with E-state index in [-0.39, 0.29) is 22.9 Å². The molecular formula is C30H36N2O17. The van der Waals surface area contributed by atoms with Gasteiger partial charge >= 0.3 is 17.9 Å². The van der Waals surface area contributed by atoms with Crippen molar-refractivity contribution in [3.05, 3.63) is 68.8 Å². The Balaban J connectivity index is 0.000000284. The molecule has 2 aliphatic heterocycles. The lowest BCUT2D eigenvalue weighted by Crippen LogP contribution is -2.62. The van der Waals surface area contributed by atoms with Crippen molar-refractivity contribution in [3.8, 4) is 11.5 Å². The van der Waals surface area contributed by atoms with Crippen molar-refractivity contribution in [3.63, 3.8) is 0 Å². The summed E-state index contributed by atoms with van der Waals surface area (Å²) >= 11 is 0. The monoisotopic (exact) mass is 696 g/mol. The zero-order valence-electron chi connectivity index (χ0n) is 26.8. The van der Waals surface area contributed by atoms with Crippen molar-refractivity contribution in [2.45, 2.75) is 96.0 Å². The zero-order chi connectivity index (χ0) is 36.6. The minimum atomic E-state index is -1.42. The van der Waals surface area contributed by atoms with Gasteiger partial charge in [-0.2, -0.15) is 0 Å². The molecule has 49 heavy (non-hydrogen) atoms. The Morgan fingerprint density at radius 1 is 0.592 bits per heavy atom. The van der Waals surface area contributed by atoms with Gasteiger partial charge < -0.3 is 48.5 Å². The van der Waals surface area contributed by atoms with E-state index in [2.05, 4.69) is 0 Å². The second kappa shape index (κ2) is 16.9. The lowest BCUT2D eigenvalue weighted by atomic mass is 9.99. The summed E-state index contributed by atoms with van der Waals surface area (Å²) < 4.78 is 37.7. The molecule has 10 atom stereocenters. The Morgan fingerprint density at radius 2 is 0.980 bits per heavy atom. The van der Waals surface area contributed by atoms with Crippen LogP contribution < -0.4 is 9.47 Å². The van der Waals surface area contributed by atoms with E-state index in [0.717, 1.165) is 13.8 Å². The molecule has 0 radical (unpaired) electrons. The molecule has 19 nitrogen and oxygen atoms in total. The molecule has 2 aliphatic rings. The number of aliphatic hydroxyl groups is 3. The van der Waals surface area contributed by atoms with Crippen LogP contribution in [0.15, 0.2) is 48.5 Å². The first-order valence-electron chi connectivity index (χ1n) is 14.7. The van der Waals surface area contributed by atoms with Gasteiger partial charge in [0.15, 0.2) is 12.2 Å². The minimum Gasteiger partial charge on any atom is -0.462 e. The van der Waals surface area contributed by atoms with E-state index in [1.165, 1.54) is 62.4 Å². The number of carbonyl (C=O) groups is 3. The molecule has 4 rings (SSSR count). The molecule has 2 fully saturated rings. The highest BCUT2D eigenvalue weighted by atomic mass is 16.7. The number of hydrogen-bond acceptors (Lipinski definition) is 17. The van der Waals surface area contributed by atoms with Crippen LogP contribution in [0, 0.1) is 20.2 Å². The Labute approximate surface area is 278 Å². The van der Waals surface area contributed by atoms with Crippen LogP contribution in [-0.2, 0) is 38.1 Å². The predicted molar refractivity (Wildman–Crippen MR) is 161 cm³/mol. The van der Waals surface area contributed by atoms with E-state index in [4.69, 9.17) is 33.2 Å². The molecule has 3 N–H and O–H groups in total.